The van der Waals surface area contributed by atoms with Gasteiger partial charge in [-0.2, -0.15) is 0 Å². The Hall–Kier alpha value is -1.72. The van der Waals surface area contributed by atoms with Crippen LogP contribution in [0.1, 0.15) is 22.8 Å². The molecule has 0 saturated heterocycles. The van der Waals surface area contributed by atoms with E-state index in [1.807, 2.05) is 19.1 Å². The normalized spacial score (nSPS) is 10.3. The van der Waals surface area contributed by atoms with Crippen LogP contribution in [0.25, 0.3) is 0 Å². The molecule has 2 aromatic carbocycles. The molecular weight excluding hydrogens is 382 g/mol. The first-order valence-electron chi connectivity index (χ1n) is 7.08. The average molecular weight is 399 g/mol. The molecule has 0 heterocycles. The predicted octanol–water partition coefficient (Wildman–Crippen LogP) is 4.44. The number of amides is 1. The second-order valence-corrected chi connectivity index (χ2v) is 6.06. The van der Waals surface area contributed by atoms with E-state index in [0.29, 0.717) is 35.2 Å². The zero-order chi connectivity index (χ0) is 16.8. The number of nitrogens with one attached hydrogen (secondary N) is 1. The van der Waals surface area contributed by atoms with Crippen LogP contribution >= 0.6 is 27.5 Å². The topological polar surface area (TPSA) is 47.6 Å². The molecule has 2 rings (SSSR count). The van der Waals surface area contributed by atoms with E-state index in [4.69, 9.17) is 21.1 Å². The van der Waals surface area contributed by atoms with Crippen LogP contribution in [0.5, 0.6) is 11.5 Å². The molecule has 6 heteroatoms. The number of benzene rings is 2. The van der Waals surface area contributed by atoms with Gasteiger partial charge in [-0.25, -0.2) is 0 Å². The van der Waals surface area contributed by atoms with E-state index >= 15 is 0 Å². The number of carbonyl (C=O) groups is 1. The van der Waals surface area contributed by atoms with Gasteiger partial charge in [-0.1, -0.05) is 33.6 Å². The van der Waals surface area contributed by atoms with E-state index in [2.05, 4.69) is 21.2 Å². The molecule has 0 unspecified atom stereocenters. The van der Waals surface area contributed by atoms with Gasteiger partial charge < -0.3 is 14.8 Å². The van der Waals surface area contributed by atoms with E-state index in [-0.39, 0.29) is 5.91 Å². The second-order valence-electron chi connectivity index (χ2n) is 4.74. The van der Waals surface area contributed by atoms with Crippen molar-refractivity contribution >= 4 is 33.4 Å². The highest BCUT2D eigenvalue weighted by Gasteiger charge is 2.12. The van der Waals surface area contributed by atoms with Crippen LogP contribution in [0.4, 0.5) is 0 Å². The summed E-state index contributed by atoms with van der Waals surface area (Å²) in [7, 11) is 1.55. The van der Waals surface area contributed by atoms with Crippen molar-refractivity contribution in [1.82, 2.24) is 5.32 Å². The highest BCUT2D eigenvalue weighted by molar-refractivity contribution is 9.10. The number of ether oxygens (including phenoxy) is 2. The number of hydrogen-bond acceptors (Lipinski definition) is 3. The molecule has 0 fully saturated rings. The van der Waals surface area contributed by atoms with Gasteiger partial charge in [0.05, 0.1) is 18.7 Å². The number of carbonyl (C=O) groups excluding carboxylic acids is 1. The van der Waals surface area contributed by atoms with Crippen LogP contribution in [-0.4, -0.2) is 19.6 Å². The van der Waals surface area contributed by atoms with E-state index < -0.39 is 0 Å². The molecule has 2 aromatic rings. The largest absolute Gasteiger partial charge is 0.493 e. The minimum atomic E-state index is -0.157. The Morgan fingerprint density at radius 3 is 2.74 bits per heavy atom. The van der Waals surface area contributed by atoms with E-state index in [9.17, 15) is 4.79 Å². The lowest BCUT2D eigenvalue weighted by Crippen LogP contribution is -2.22. The molecule has 0 aliphatic heterocycles. The molecule has 122 valence electrons. The van der Waals surface area contributed by atoms with Crippen molar-refractivity contribution in [1.29, 1.82) is 0 Å². The number of hydrogen-bond donors (Lipinski definition) is 1. The van der Waals surface area contributed by atoms with Gasteiger partial charge in [-0.15, -0.1) is 0 Å². The molecule has 0 saturated carbocycles. The Morgan fingerprint density at radius 2 is 2.09 bits per heavy atom. The summed E-state index contributed by atoms with van der Waals surface area (Å²) in [6, 6.07) is 10.8. The van der Waals surface area contributed by atoms with Crippen molar-refractivity contribution in [2.45, 2.75) is 13.5 Å². The first kappa shape index (κ1) is 17.6. The summed E-state index contributed by atoms with van der Waals surface area (Å²) in [6.45, 7) is 2.71. The highest BCUT2D eigenvalue weighted by atomic mass is 79.9. The van der Waals surface area contributed by atoms with Crippen molar-refractivity contribution in [2.75, 3.05) is 13.7 Å². The van der Waals surface area contributed by atoms with Gasteiger partial charge in [0.15, 0.2) is 11.5 Å². The molecule has 4 nitrogen and oxygen atoms in total. The standard InChI is InChI=1S/C17H17BrClNO3/c1-3-23-16-14(19)7-11(8-15(16)22-2)10-20-17(21)12-5-4-6-13(18)9-12/h4-9H,3,10H2,1-2H3,(H,20,21). The summed E-state index contributed by atoms with van der Waals surface area (Å²) in [5.74, 6) is 0.903. The van der Waals surface area contributed by atoms with E-state index in [0.717, 1.165) is 10.0 Å². The lowest BCUT2D eigenvalue weighted by Gasteiger charge is -2.13. The van der Waals surface area contributed by atoms with Gasteiger partial charge in [0, 0.05) is 16.6 Å². The Bertz CT molecular complexity index is 706. The fourth-order valence-electron chi connectivity index (χ4n) is 2.07. The van der Waals surface area contributed by atoms with Crippen molar-refractivity contribution in [3.05, 3.63) is 57.0 Å². The van der Waals surface area contributed by atoms with Gasteiger partial charge >= 0.3 is 0 Å². The van der Waals surface area contributed by atoms with Crippen molar-refractivity contribution in [3.63, 3.8) is 0 Å². The van der Waals surface area contributed by atoms with Gasteiger partial charge in [0.1, 0.15) is 0 Å². The van der Waals surface area contributed by atoms with E-state index in [1.54, 1.807) is 31.4 Å². The second kappa shape index (κ2) is 8.22. The lowest BCUT2D eigenvalue weighted by molar-refractivity contribution is 0.0951. The van der Waals surface area contributed by atoms with Crippen molar-refractivity contribution in [3.8, 4) is 11.5 Å². The van der Waals surface area contributed by atoms with Crippen LogP contribution in [0, 0.1) is 0 Å². The summed E-state index contributed by atoms with van der Waals surface area (Å²) in [4.78, 5) is 12.2. The van der Waals surface area contributed by atoms with Crippen LogP contribution in [0.3, 0.4) is 0 Å². The quantitative estimate of drug-likeness (QED) is 0.782. The first-order valence-corrected chi connectivity index (χ1v) is 8.25. The van der Waals surface area contributed by atoms with Crippen LogP contribution < -0.4 is 14.8 Å². The van der Waals surface area contributed by atoms with Gasteiger partial charge in [-0.05, 0) is 42.8 Å². The fourth-order valence-corrected chi connectivity index (χ4v) is 2.76. The third-order valence-corrected chi connectivity index (χ3v) is 3.89. The predicted molar refractivity (Wildman–Crippen MR) is 94.5 cm³/mol. The first-order chi connectivity index (χ1) is 11.0. The number of rotatable bonds is 6. The minimum absolute atomic E-state index is 0.157. The molecule has 1 N–H and O–H groups in total. The highest BCUT2D eigenvalue weighted by Crippen LogP contribution is 2.36. The number of methoxy groups -OCH3 is 1. The van der Waals surface area contributed by atoms with Gasteiger partial charge in [0.25, 0.3) is 5.91 Å². The SMILES string of the molecule is CCOc1c(Cl)cc(CNC(=O)c2cccc(Br)c2)cc1OC. The Labute approximate surface area is 148 Å². The Balaban J connectivity index is 2.11. The smallest absolute Gasteiger partial charge is 0.251 e. The number of halogens is 2. The van der Waals surface area contributed by atoms with Crippen LogP contribution in [-0.2, 0) is 6.54 Å². The molecule has 0 aromatic heterocycles. The molecule has 0 radical (unpaired) electrons. The molecule has 0 aliphatic carbocycles. The van der Waals surface area contributed by atoms with Crippen LogP contribution in [0.15, 0.2) is 40.9 Å². The average Bonchev–Trinajstić information content (AvgIpc) is 2.54. The third-order valence-electron chi connectivity index (χ3n) is 3.12. The lowest BCUT2D eigenvalue weighted by atomic mass is 10.1. The maximum Gasteiger partial charge on any atom is 0.251 e. The Kier molecular flexibility index (Phi) is 6.30. The molecular formula is C17H17BrClNO3. The fraction of sp³-hybridized carbons (Fsp3) is 0.235. The summed E-state index contributed by atoms with van der Waals surface area (Å²) in [5, 5.41) is 3.31. The zero-order valence-electron chi connectivity index (χ0n) is 12.9. The van der Waals surface area contributed by atoms with Gasteiger partial charge in [-0.3, -0.25) is 4.79 Å². The Morgan fingerprint density at radius 1 is 1.30 bits per heavy atom. The molecule has 1 amide bonds. The monoisotopic (exact) mass is 397 g/mol. The summed E-state index contributed by atoms with van der Waals surface area (Å²) >= 11 is 9.57. The minimum Gasteiger partial charge on any atom is -0.493 e. The third kappa shape index (κ3) is 4.62. The summed E-state index contributed by atoms with van der Waals surface area (Å²) in [5.41, 5.74) is 1.42. The maximum atomic E-state index is 12.2. The van der Waals surface area contributed by atoms with Crippen molar-refractivity contribution < 1.29 is 14.3 Å². The summed E-state index contributed by atoms with van der Waals surface area (Å²) < 4.78 is 11.6. The summed E-state index contributed by atoms with van der Waals surface area (Å²) in [6.07, 6.45) is 0. The van der Waals surface area contributed by atoms with Crippen molar-refractivity contribution in [2.24, 2.45) is 0 Å². The van der Waals surface area contributed by atoms with Gasteiger partial charge in [0.2, 0.25) is 0 Å². The molecule has 0 atom stereocenters. The molecule has 0 bridgehead atoms. The van der Waals surface area contributed by atoms with E-state index in [1.165, 1.54) is 0 Å². The molecule has 0 spiro atoms. The molecule has 23 heavy (non-hydrogen) atoms. The zero-order valence-corrected chi connectivity index (χ0v) is 15.2. The molecule has 0 aliphatic rings. The maximum absolute atomic E-state index is 12.2. The van der Waals surface area contributed by atoms with Crippen LogP contribution in [0.2, 0.25) is 5.02 Å².